The summed E-state index contributed by atoms with van der Waals surface area (Å²) in [7, 11) is 0. The molecule has 1 rings (SSSR count). The van der Waals surface area contributed by atoms with Crippen molar-refractivity contribution in [3.63, 3.8) is 0 Å². The van der Waals surface area contributed by atoms with Gasteiger partial charge in [0.2, 0.25) is 5.91 Å². The van der Waals surface area contributed by atoms with Crippen LogP contribution in [-0.2, 0) is 16.0 Å². The van der Waals surface area contributed by atoms with Crippen LogP contribution in [0.4, 0.5) is 0 Å². The first kappa shape index (κ1) is 14.0. The first-order chi connectivity index (χ1) is 8.68. The Hall–Kier alpha value is -2.10. The smallest absolute Gasteiger partial charge is 0.328 e. The van der Waals surface area contributed by atoms with Gasteiger partial charge in [0.15, 0.2) is 0 Å². The normalized spacial score (nSPS) is 10.4. The van der Waals surface area contributed by atoms with Crippen LogP contribution in [-0.4, -0.2) is 23.5 Å². The maximum absolute atomic E-state index is 11.1. The Morgan fingerprint density at radius 3 is 2.50 bits per heavy atom. The molecule has 0 bridgehead atoms. The third-order valence-electron chi connectivity index (χ3n) is 2.41. The average molecular weight is 247 g/mol. The molecule has 1 aromatic rings. The van der Waals surface area contributed by atoms with Gasteiger partial charge in [-0.1, -0.05) is 30.3 Å². The van der Waals surface area contributed by atoms with Crippen molar-refractivity contribution in [3.05, 3.63) is 48.0 Å². The number of carboxylic acid groups (broad SMARTS) is 1. The lowest BCUT2D eigenvalue weighted by atomic mass is 10.1. The molecule has 0 atom stereocenters. The van der Waals surface area contributed by atoms with E-state index in [1.807, 2.05) is 18.2 Å². The largest absolute Gasteiger partial charge is 0.478 e. The van der Waals surface area contributed by atoms with Crippen molar-refractivity contribution < 1.29 is 14.7 Å². The van der Waals surface area contributed by atoms with Gasteiger partial charge in [0.25, 0.3) is 0 Å². The van der Waals surface area contributed by atoms with E-state index < -0.39 is 5.97 Å². The van der Waals surface area contributed by atoms with E-state index in [0.717, 1.165) is 31.4 Å². The number of benzene rings is 1. The second-order valence-electron chi connectivity index (χ2n) is 3.91. The number of amides is 1. The molecule has 0 fully saturated rings. The zero-order valence-electron chi connectivity index (χ0n) is 10.1. The summed E-state index contributed by atoms with van der Waals surface area (Å²) in [4.78, 5) is 21.3. The van der Waals surface area contributed by atoms with E-state index in [1.54, 1.807) is 0 Å². The zero-order valence-corrected chi connectivity index (χ0v) is 10.1. The van der Waals surface area contributed by atoms with Gasteiger partial charge in [0.1, 0.15) is 0 Å². The van der Waals surface area contributed by atoms with E-state index in [1.165, 1.54) is 5.56 Å². The van der Waals surface area contributed by atoms with Crippen molar-refractivity contribution in [1.82, 2.24) is 5.32 Å². The Bertz CT molecular complexity index is 412. The maximum Gasteiger partial charge on any atom is 0.328 e. The van der Waals surface area contributed by atoms with Gasteiger partial charge in [-0.25, -0.2) is 4.79 Å². The highest BCUT2D eigenvalue weighted by Gasteiger charge is 1.96. The molecule has 18 heavy (non-hydrogen) atoms. The standard InChI is InChI=1S/C14H17NO3/c16-13(9-10-14(17)18)15-11-5-4-8-12-6-2-1-3-7-12/h1-3,6-7,9-10H,4-5,8,11H2,(H,15,16)(H,17,18)/b10-9-. The topological polar surface area (TPSA) is 66.4 Å². The van der Waals surface area contributed by atoms with Crippen molar-refractivity contribution >= 4 is 11.9 Å². The fourth-order valence-corrected chi connectivity index (χ4v) is 1.52. The first-order valence-corrected chi connectivity index (χ1v) is 5.91. The number of nitrogens with one attached hydrogen (secondary N) is 1. The predicted molar refractivity (Wildman–Crippen MR) is 69.2 cm³/mol. The molecule has 0 saturated carbocycles. The van der Waals surface area contributed by atoms with Crippen LogP contribution in [0.25, 0.3) is 0 Å². The van der Waals surface area contributed by atoms with Gasteiger partial charge in [-0.3, -0.25) is 4.79 Å². The highest BCUT2D eigenvalue weighted by molar-refractivity contribution is 5.93. The van der Waals surface area contributed by atoms with Crippen LogP contribution < -0.4 is 5.32 Å². The maximum atomic E-state index is 11.1. The lowest BCUT2D eigenvalue weighted by molar-refractivity contribution is -0.131. The molecule has 0 radical (unpaired) electrons. The molecule has 0 aliphatic heterocycles. The van der Waals surface area contributed by atoms with Gasteiger partial charge in [-0.2, -0.15) is 0 Å². The fraction of sp³-hybridized carbons (Fsp3) is 0.286. The van der Waals surface area contributed by atoms with Crippen LogP contribution in [0.5, 0.6) is 0 Å². The second-order valence-corrected chi connectivity index (χ2v) is 3.91. The van der Waals surface area contributed by atoms with Gasteiger partial charge < -0.3 is 10.4 Å². The zero-order chi connectivity index (χ0) is 13.2. The first-order valence-electron chi connectivity index (χ1n) is 5.91. The molecular formula is C14H17NO3. The minimum Gasteiger partial charge on any atom is -0.478 e. The number of carbonyl (C=O) groups excluding carboxylic acids is 1. The lowest BCUT2D eigenvalue weighted by Gasteiger charge is -2.02. The summed E-state index contributed by atoms with van der Waals surface area (Å²) in [5, 5.41) is 11.0. The van der Waals surface area contributed by atoms with Crippen molar-refractivity contribution in [2.45, 2.75) is 19.3 Å². The Kier molecular flexibility index (Phi) is 6.25. The number of carboxylic acids is 1. The molecule has 0 aliphatic carbocycles. The van der Waals surface area contributed by atoms with Crippen LogP contribution in [0.3, 0.4) is 0 Å². The number of unbranched alkanes of at least 4 members (excludes halogenated alkanes) is 1. The fourth-order valence-electron chi connectivity index (χ4n) is 1.52. The van der Waals surface area contributed by atoms with E-state index in [4.69, 9.17) is 5.11 Å². The molecule has 1 aromatic carbocycles. The van der Waals surface area contributed by atoms with Crippen molar-refractivity contribution in [3.8, 4) is 0 Å². The lowest BCUT2D eigenvalue weighted by Crippen LogP contribution is -2.22. The van der Waals surface area contributed by atoms with Crippen LogP contribution in [0.15, 0.2) is 42.5 Å². The van der Waals surface area contributed by atoms with Crippen molar-refractivity contribution in [1.29, 1.82) is 0 Å². The highest BCUT2D eigenvalue weighted by Crippen LogP contribution is 2.03. The summed E-state index contributed by atoms with van der Waals surface area (Å²) in [5.74, 6) is -1.48. The SMILES string of the molecule is O=C(O)/C=C\C(=O)NCCCCc1ccccc1. The van der Waals surface area contributed by atoms with Gasteiger partial charge in [0.05, 0.1) is 0 Å². The van der Waals surface area contributed by atoms with Crippen molar-refractivity contribution in [2.24, 2.45) is 0 Å². The summed E-state index contributed by atoms with van der Waals surface area (Å²) < 4.78 is 0. The second kappa shape index (κ2) is 8.06. The molecule has 2 N–H and O–H groups in total. The monoisotopic (exact) mass is 247 g/mol. The molecule has 0 heterocycles. The summed E-state index contributed by atoms with van der Waals surface area (Å²) in [6, 6.07) is 10.2. The number of aryl methyl sites for hydroxylation is 1. The summed E-state index contributed by atoms with van der Waals surface area (Å²) in [6.07, 6.45) is 4.72. The third-order valence-corrected chi connectivity index (χ3v) is 2.41. The Morgan fingerprint density at radius 2 is 1.83 bits per heavy atom. The van der Waals surface area contributed by atoms with E-state index >= 15 is 0 Å². The van der Waals surface area contributed by atoms with Gasteiger partial charge in [0, 0.05) is 18.7 Å². The molecule has 96 valence electrons. The van der Waals surface area contributed by atoms with E-state index in [2.05, 4.69) is 17.4 Å². The Morgan fingerprint density at radius 1 is 1.11 bits per heavy atom. The molecule has 0 saturated heterocycles. The minimum atomic E-state index is -1.12. The number of rotatable bonds is 7. The molecule has 0 aromatic heterocycles. The van der Waals surface area contributed by atoms with E-state index in [-0.39, 0.29) is 5.91 Å². The van der Waals surface area contributed by atoms with Crippen LogP contribution in [0, 0.1) is 0 Å². The molecule has 0 aliphatic rings. The molecule has 0 spiro atoms. The Labute approximate surface area is 106 Å². The third kappa shape index (κ3) is 6.48. The van der Waals surface area contributed by atoms with Crippen LogP contribution in [0.2, 0.25) is 0 Å². The number of hydrogen-bond acceptors (Lipinski definition) is 2. The molecule has 0 unspecified atom stereocenters. The summed E-state index contributed by atoms with van der Waals surface area (Å²) in [6.45, 7) is 0.565. The van der Waals surface area contributed by atoms with E-state index in [9.17, 15) is 9.59 Å². The van der Waals surface area contributed by atoms with E-state index in [0.29, 0.717) is 6.54 Å². The quantitative estimate of drug-likeness (QED) is 0.570. The minimum absolute atomic E-state index is 0.364. The predicted octanol–water partition coefficient (Wildman–Crippen LogP) is 1.77. The molecule has 4 nitrogen and oxygen atoms in total. The molecule has 1 amide bonds. The summed E-state index contributed by atoms with van der Waals surface area (Å²) in [5.41, 5.74) is 1.29. The number of hydrogen-bond donors (Lipinski definition) is 2. The van der Waals surface area contributed by atoms with Crippen molar-refractivity contribution in [2.75, 3.05) is 6.54 Å². The average Bonchev–Trinajstić information content (AvgIpc) is 2.37. The van der Waals surface area contributed by atoms with Crippen LogP contribution in [0.1, 0.15) is 18.4 Å². The van der Waals surface area contributed by atoms with Gasteiger partial charge >= 0.3 is 5.97 Å². The number of carbonyl (C=O) groups is 2. The summed E-state index contributed by atoms with van der Waals surface area (Å²) >= 11 is 0. The molecule has 4 heteroatoms. The number of aliphatic carboxylic acids is 1. The highest BCUT2D eigenvalue weighted by atomic mass is 16.4. The molecular weight excluding hydrogens is 230 g/mol. The van der Waals surface area contributed by atoms with Crippen LogP contribution >= 0.6 is 0 Å². The van der Waals surface area contributed by atoms with Gasteiger partial charge in [-0.05, 0) is 24.8 Å². The van der Waals surface area contributed by atoms with Gasteiger partial charge in [-0.15, -0.1) is 0 Å². The Balaban J connectivity index is 2.09.